The molecule has 137 heavy (non-hydrogen) atoms. The second kappa shape index (κ2) is 54.9. The molecule has 0 saturated carbocycles. The number of cyclic esters (lactones) is 1. The third-order valence-electron chi connectivity index (χ3n) is 22.3. The maximum atomic E-state index is 15.5. The molecule has 5 N–H and O–H groups in total. The van der Waals surface area contributed by atoms with Gasteiger partial charge in [-0.05, 0) is 116 Å². The molecule has 4 aromatic heterocycles. The summed E-state index contributed by atoms with van der Waals surface area (Å²) in [7, 11) is 0. The summed E-state index contributed by atoms with van der Waals surface area (Å²) in [4.78, 5) is 36.7. The summed E-state index contributed by atoms with van der Waals surface area (Å²) < 4.78 is 135. The highest BCUT2D eigenvalue weighted by Gasteiger charge is 2.58. The van der Waals surface area contributed by atoms with E-state index in [9.17, 15) is 33.7 Å². The summed E-state index contributed by atoms with van der Waals surface area (Å²) in [6.45, 7) is 8.46. The molecule has 4 aliphatic heterocycles. The molecule has 17 rings (SSSR count). The zero-order valence-electron chi connectivity index (χ0n) is 74.0. The van der Waals surface area contributed by atoms with Gasteiger partial charge in [-0.3, -0.25) is 9.78 Å². The molecular formula is C109H119F4IN4O19. The molecule has 13 aromatic rings. The van der Waals surface area contributed by atoms with Crippen molar-refractivity contribution in [1.82, 2.24) is 19.9 Å². The van der Waals surface area contributed by atoms with Crippen LogP contribution in [0.3, 0.4) is 0 Å². The van der Waals surface area contributed by atoms with Crippen LogP contribution in [0.1, 0.15) is 141 Å². The standard InChI is InChI=1S/C32H32FNO5.C32H32FNO4.C20H22O4.C12H9FINO.C10H12FNO5.3CH4/c1-2-27-29(37-21-24-14-8-4-9-15-24)30(38-22-25-16-10-5-11-17-25)32(35,39-27)26-18-19-28(34-31(26)33)36-20-23-12-6-3-7-13-23;1-2-27-30(36-21-24-14-8-4-9-15-24)31(37-22-25-16-10-5-11-17-25)29(38-27)26-18-19-28(34-32(26)33)35-20-23-12-6-3-7-13-23;1-2-17-18(22-13-15-9-5-3-6-10-15)19(20(21)24-17)23-14-16-11-7-4-8-12-16;13-12-10(14)6-7-11(15-12)16-8-9-4-2-1-3-5-9;11-10-4(1-2-6(14)12-10)9-8(16)7(15)5(3-13)17-9;;;/h3-19,27,29-30,35H,2,20-22H2,1H3;3-19,27,29-31H,2,20-22H2,1H3;3-12,17-19H,2,13-14H2,1H3;1-7H,8H2;1-2,5,7-9,13,15-16H,3H2,(H,12,14);3*1H4/t27-,29+,30?,32+;27-,29+,30+,31?;17-,18+,19?;;5-,7+,8?,9+;;;/m111.1.../s1. The third-order valence-corrected chi connectivity index (χ3v) is 23.1. The zero-order valence-corrected chi connectivity index (χ0v) is 76.2. The van der Waals surface area contributed by atoms with Gasteiger partial charge in [-0.2, -0.15) is 32.5 Å². The Morgan fingerprint density at radius 1 is 0.365 bits per heavy atom. The number of H-pyrrole nitrogens is 1. The van der Waals surface area contributed by atoms with Gasteiger partial charge in [0.15, 0.2) is 12.1 Å². The van der Waals surface area contributed by atoms with E-state index in [1.165, 1.54) is 18.2 Å². The largest absolute Gasteiger partial charge is 0.473 e. The number of carbonyl (C=O) groups is 1. The van der Waals surface area contributed by atoms with Crippen LogP contribution in [0.4, 0.5) is 17.6 Å². The highest BCUT2D eigenvalue weighted by Crippen LogP contribution is 2.45. The Morgan fingerprint density at radius 2 is 0.715 bits per heavy atom. The highest BCUT2D eigenvalue weighted by atomic mass is 127. The van der Waals surface area contributed by atoms with Crippen LogP contribution in [0.5, 0.6) is 17.6 Å². The number of halogens is 5. The van der Waals surface area contributed by atoms with Crippen LogP contribution in [-0.4, -0.2) is 126 Å². The summed E-state index contributed by atoms with van der Waals surface area (Å²) >= 11 is 1.89. The smallest absolute Gasteiger partial charge is 0.338 e. The van der Waals surface area contributed by atoms with Crippen molar-refractivity contribution >= 4 is 28.6 Å². The number of ether oxygens (including phenoxy) is 13. The minimum absolute atomic E-state index is 0. The van der Waals surface area contributed by atoms with E-state index in [1.807, 2.05) is 321 Å². The maximum Gasteiger partial charge on any atom is 0.338 e. The van der Waals surface area contributed by atoms with Gasteiger partial charge in [0.2, 0.25) is 46.8 Å². The number of pyridine rings is 4. The highest BCUT2D eigenvalue weighted by molar-refractivity contribution is 14.1. The van der Waals surface area contributed by atoms with Gasteiger partial charge in [-0.1, -0.05) is 316 Å². The van der Waals surface area contributed by atoms with Gasteiger partial charge >= 0.3 is 5.97 Å². The molecule has 0 amide bonds. The first-order valence-electron chi connectivity index (χ1n) is 44.2. The number of aliphatic hydroxyl groups excluding tert-OH is 3. The van der Waals surface area contributed by atoms with Crippen LogP contribution in [-0.2, 0) is 117 Å². The van der Waals surface area contributed by atoms with E-state index in [1.54, 1.807) is 24.3 Å². The molecule has 28 heteroatoms. The number of nitrogens with one attached hydrogen (secondary N) is 1. The number of carbonyl (C=O) groups excluding carboxylic acids is 1. The Morgan fingerprint density at radius 3 is 1.10 bits per heavy atom. The first kappa shape index (κ1) is 107. The fourth-order valence-electron chi connectivity index (χ4n) is 15.3. The van der Waals surface area contributed by atoms with Crippen molar-refractivity contribution in [3.63, 3.8) is 0 Å². The lowest BCUT2D eigenvalue weighted by atomic mass is 9.97. The average molecular weight is 1990 g/mol. The topological polar surface area (TPSA) is 290 Å². The summed E-state index contributed by atoms with van der Waals surface area (Å²) in [5.41, 5.74) is 8.51. The van der Waals surface area contributed by atoms with Gasteiger partial charge in [-0.25, -0.2) is 4.79 Å². The fourth-order valence-corrected chi connectivity index (χ4v) is 15.6. The summed E-state index contributed by atoms with van der Waals surface area (Å²) in [5.74, 6) is -4.77. The predicted molar refractivity (Wildman–Crippen MR) is 519 cm³/mol. The molecule has 4 fully saturated rings. The Bertz CT molecular complexity index is 5750. The molecule has 0 bridgehead atoms. The maximum absolute atomic E-state index is 15.5. The third kappa shape index (κ3) is 30.6. The zero-order chi connectivity index (χ0) is 94.0. The first-order chi connectivity index (χ1) is 65.3. The van der Waals surface area contributed by atoms with Gasteiger partial charge in [-0.15, -0.1) is 0 Å². The van der Waals surface area contributed by atoms with Crippen molar-refractivity contribution in [2.75, 3.05) is 6.61 Å². The molecule has 4 aliphatic rings. The number of hydrogen-bond acceptors (Lipinski definition) is 22. The second-order valence-electron chi connectivity index (χ2n) is 31.7. The van der Waals surface area contributed by atoms with Crippen LogP contribution in [0.2, 0.25) is 0 Å². The van der Waals surface area contributed by atoms with E-state index in [4.69, 9.17) is 66.7 Å². The van der Waals surface area contributed by atoms with E-state index >= 15 is 8.78 Å². The van der Waals surface area contributed by atoms with Gasteiger partial charge in [0.1, 0.15) is 87.0 Å². The molecule has 8 heterocycles. The van der Waals surface area contributed by atoms with Crippen molar-refractivity contribution in [1.29, 1.82) is 0 Å². The van der Waals surface area contributed by atoms with Crippen LogP contribution < -0.4 is 19.8 Å². The van der Waals surface area contributed by atoms with E-state index in [0.29, 0.717) is 80.5 Å². The van der Waals surface area contributed by atoms with E-state index < -0.39 is 103 Å². The van der Waals surface area contributed by atoms with Crippen LogP contribution in [0.15, 0.2) is 326 Å². The number of hydrogen-bond donors (Lipinski definition) is 5. The Labute approximate surface area is 811 Å². The van der Waals surface area contributed by atoms with E-state index in [0.717, 1.165) is 56.1 Å². The summed E-state index contributed by atoms with van der Waals surface area (Å²) in [6, 6.07) is 99.7. The number of aromatic nitrogens is 4. The molecule has 4 saturated heterocycles. The molecule has 15 atom stereocenters. The summed E-state index contributed by atoms with van der Waals surface area (Å²) in [5, 5.41) is 40.0. The monoisotopic (exact) mass is 1990 g/mol. The number of benzene rings is 9. The lowest BCUT2D eigenvalue weighted by Gasteiger charge is -2.31. The first-order valence-corrected chi connectivity index (χ1v) is 45.3. The number of aliphatic hydroxyl groups is 4. The molecule has 724 valence electrons. The molecule has 0 radical (unpaired) electrons. The number of nitrogens with zero attached hydrogens (tertiary/aromatic N) is 3. The number of rotatable bonds is 34. The Hall–Kier alpha value is -11.8. The van der Waals surface area contributed by atoms with Gasteiger partial charge in [0, 0.05) is 35.4 Å². The minimum Gasteiger partial charge on any atom is -0.473 e. The van der Waals surface area contributed by atoms with Gasteiger partial charge in [0.05, 0.1) is 67.6 Å². The van der Waals surface area contributed by atoms with Crippen molar-refractivity contribution in [2.45, 2.75) is 213 Å². The molecule has 23 nitrogen and oxygen atoms in total. The van der Waals surface area contributed by atoms with E-state index in [2.05, 4.69) is 15.0 Å². The lowest BCUT2D eigenvalue weighted by Crippen LogP contribution is -2.44. The van der Waals surface area contributed by atoms with Gasteiger partial charge in [0.25, 0.3) is 0 Å². The Balaban J connectivity index is 0.000000184. The minimum atomic E-state index is -2.12. The Kier molecular flexibility index (Phi) is 43.0. The summed E-state index contributed by atoms with van der Waals surface area (Å²) in [6.07, 6.45) is -8.14. The van der Waals surface area contributed by atoms with Crippen molar-refractivity contribution in [2.24, 2.45) is 0 Å². The average Bonchev–Trinajstić information content (AvgIpc) is 1.60. The number of aromatic amines is 1. The number of esters is 1. The second-order valence-corrected chi connectivity index (χ2v) is 32.9. The molecular weight excluding hydrogens is 1870 g/mol. The normalized spacial score (nSPS) is 21.6. The van der Waals surface area contributed by atoms with Crippen molar-refractivity contribution < 1.29 is 104 Å². The quantitative estimate of drug-likeness (QED) is 0.0108. The van der Waals surface area contributed by atoms with Crippen molar-refractivity contribution in [3.8, 4) is 17.6 Å². The fraction of sp³-hybridized carbons (Fsp3) is 0.312. The van der Waals surface area contributed by atoms with Gasteiger partial charge < -0.3 is 82.0 Å². The molecule has 0 spiro atoms. The van der Waals surface area contributed by atoms with Crippen LogP contribution in [0.25, 0.3) is 0 Å². The van der Waals surface area contributed by atoms with Crippen molar-refractivity contribution in [3.05, 3.63) is 426 Å². The van der Waals surface area contributed by atoms with Crippen LogP contribution >= 0.6 is 22.6 Å². The SMILES string of the molecule is C.C.C.CC[C@H]1OC(=O)C(OCc2ccccc2)[C@H]1OCc1ccccc1.CC[C@H]1O[C@@H](c2ccc(OCc3ccccc3)nc2F)C(OCc2ccccc2)[C@H]1OCc1ccccc1.CC[C@H]1O[C@@](O)(c2ccc(OCc3ccccc3)nc2F)C(OCc2ccccc2)[C@H]1OCc1ccccc1.Fc1nc(OCc2ccccc2)ccc1I.O=c1ccc([C@@H]2O[C@H](CO)[C@H](O)C2O)c(F)[nH]1. The molecule has 0 aliphatic carbocycles. The predicted octanol–water partition coefficient (Wildman–Crippen LogP) is 20.2. The molecule has 4 unspecified atom stereocenters. The van der Waals surface area contributed by atoms with E-state index in [-0.39, 0.29) is 88.8 Å². The van der Waals surface area contributed by atoms with Crippen LogP contribution in [0, 0.1) is 27.4 Å². The lowest BCUT2D eigenvalue weighted by molar-refractivity contribution is -0.251. The molecule has 9 aromatic carbocycles.